The number of aromatic amines is 2. The summed E-state index contributed by atoms with van der Waals surface area (Å²) in [6, 6.07) is 8.31. The van der Waals surface area contributed by atoms with Crippen molar-refractivity contribution in [1.82, 2.24) is 20.2 Å². The maximum atomic E-state index is 14.0. The first-order valence-corrected chi connectivity index (χ1v) is 8.02. The van der Waals surface area contributed by atoms with E-state index in [9.17, 15) is 14.0 Å². The van der Waals surface area contributed by atoms with Crippen molar-refractivity contribution in [2.24, 2.45) is 0 Å². The summed E-state index contributed by atoms with van der Waals surface area (Å²) in [4.78, 5) is 27.6. The van der Waals surface area contributed by atoms with E-state index in [0.717, 1.165) is 6.42 Å². The van der Waals surface area contributed by atoms with Gasteiger partial charge >= 0.3 is 5.69 Å². The quantitative estimate of drug-likeness (QED) is 0.752. The van der Waals surface area contributed by atoms with Gasteiger partial charge in [0.25, 0.3) is 5.56 Å². The summed E-state index contributed by atoms with van der Waals surface area (Å²) >= 11 is 6.17. The summed E-state index contributed by atoms with van der Waals surface area (Å²) < 4.78 is 14.0. The third kappa shape index (κ3) is 2.87. The maximum Gasteiger partial charge on any atom is 0.325 e. The first-order chi connectivity index (χ1) is 12.0. The van der Waals surface area contributed by atoms with Crippen molar-refractivity contribution in [3.63, 3.8) is 0 Å². The zero-order valence-corrected chi connectivity index (χ0v) is 13.5. The molecular weight excluding hydrogens is 347 g/mol. The van der Waals surface area contributed by atoms with Crippen LogP contribution in [-0.2, 0) is 0 Å². The van der Waals surface area contributed by atoms with Crippen molar-refractivity contribution in [1.29, 1.82) is 0 Å². The van der Waals surface area contributed by atoms with Crippen LogP contribution in [0.15, 0.2) is 46.1 Å². The SMILES string of the molecule is O=c1[nH]cc(-c2cc([C@H]3C[C@@H]3c3ccccc3F)c(Cl)nn2)c(=O)[nH]1. The Kier molecular flexibility index (Phi) is 3.73. The van der Waals surface area contributed by atoms with Gasteiger partial charge in [-0.25, -0.2) is 9.18 Å². The van der Waals surface area contributed by atoms with E-state index in [1.165, 1.54) is 12.3 Å². The number of H-pyrrole nitrogens is 2. The lowest BCUT2D eigenvalue weighted by atomic mass is 10.0. The topological polar surface area (TPSA) is 91.5 Å². The molecule has 0 saturated heterocycles. The van der Waals surface area contributed by atoms with Crippen LogP contribution in [-0.4, -0.2) is 20.2 Å². The zero-order chi connectivity index (χ0) is 17.6. The summed E-state index contributed by atoms with van der Waals surface area (Å²) in [6.45, 7) is 0. The van der Waals surface area contributed by atoms with Crippen molar-refractivity contribution in [3.8, 4) is 11.3 Å². The molecule has 8 heteroatoms. The van der Waals surface area contributed by atoms with Crippen LogP contribution in [0.5, 0.6) is 0 Å². The van der Waals surface area contributed by atoms with E-state index < -0.39 is 11.2 Å². The molecule has 1 aliphatic carbocycles. The molecule has 1 fully saturated rings. The van der Waals surface area contributed by atoms with Crippen LogP contribution in [0, 0.1) is 5.82 Å². The zero-order valence-electron chi connectivity index (χ0n) is 12.8. The van der Waals surface area contributed by atoms with Crippen molar-refractivity contribution in [2.45, 2.75) is 18.3 Å². The highest BCUT2D eigenvalue weighted by molar-refractivity contribution is 6.30. The fraction of sp³-hybridized carbons (Fsp3) is 0.176. The van der Waals surface area contributed by atoms with Gasteiger partial charge in [-0.1, -0.05) is 29.8 Å². The molecule has 4 rings (SSSR count). The molecule has 2 heterocycles. The molecule has 6 nitrogen and oxygen atoms in total. The molecule has 126 valence electrons. The molecule has 1 aliphatic rings. The molecular formula is C17H12ClFN4O2. The van der Waals surface area contributed by atoms with Crippen LogP contribution in [0.3, 0.4) is 0 Å². The van der Waals surface area contributed by atoms with Crippen molar-refractivity contribution in [3.05, 3.63) is 79.5 Å². The smallest absolute Gasteiger partial charge is 0.313 e. The minimum absolute atomic E-state index is 0.0143. The lowest BCUT2D eigenvalue weighted by molar-refractivity contribution is 0.609. The van der Waals surface area contributed by atoms with E-state index in [0.29, 0.717) is 16.8 Å². The van der Waals surface area contributed by atoms with E-state index in [2.05, 4.69) is 20.2 Å². The van der Waals surface area contributed by atoms with Crippen molar-refractivity contribution >= 4 is 11.6 Å². The van der Waals surface area contributed by atoms with E-state index in [-0.39, 0.29) is 28.4 Å². The van der Waals surface area contributed by atoms with Gasteiger partial charge in [-0.3, -0.25) is 9.78 Å². The van der Waals surface area contributed by atoms with Gasteiger partial charge in [0.15, 0.2) is 5.15 Å². The molecule has 1 aromatic carbocycles. The molecule has 2 N–H and O–H groups in total. The van der Waals surface area contributed by atoms with E-state index in [1.54, 1.807) is 24.3 Å². The summed E-state index contributed by atoms with van der Waals surface area (Å²) in [5, 5.41) is 8.06. The lowest BCUT2D eigenvalue weighted by Gasteiger charge is -2.06. The van der Waals surface area contributed by atoms with Crippen LogP contribution in [0.2, 0.25) is 5.15 Å². The summed E-state index contributed by atoms with van der Waals surface area (Å²) in [5.41, 5.74) is 0.684. The van der Waals surface area contributed by atoms with Gasteiger partial charge < -0.3 is 4.98 Å². The number of hydrogen-bond donors (Lipinski definition) is 2. The van der Waals surface area contributed by atoms with Crippen molar-refractivity contribution in [2.75, 3.05) is 0 Å². The van der Waals surface area contributed by atoms with Gasteiger partial charge in [0.05, 0.1) is 5.56 Å². The van der Waals surface area contributed by atoms with Gasteiger partial charge in [-0.2, -0.15) is 0 Å². The molecule has 1 saturated carbocycles. The Morgan fingerprint density at radius 3 is 2.64 bits per heavy atom. The van der Waals surface area contributed by atoms with Crippen LogP contribution >= 0.6 is 11.6 Å². The predicted molar refractivity (Wildman–Crippen MR) is 90.2 cm³/mol. The Hall–Kier alpha value is -2.80. The monoisotopic (exact) mass is 358 g/mol. The normalized spacial score (nSPS) is 19.0. The fourth-order valence-electron chi connectivity index (χ4n) is 3.04. The average Bonchev–Trinajstić information content (AvgIpc) is 3.36. The maximum absolute atomic E-state index is 14.0. The fourth-order valence-corrected chi connectivity index (χ4v) is 3.27. The number of nitrogens with zero attached hydrogens (tertiary/aromatic N) is 2. The molecule has 3 aromatic rings. The molecule has 2 aromatic heterocycles. The first-order valence-electron chi connectivity index (χ1n) is 7.64. The molecule has 0 spiro atoms. The Morgan fingerprint density at radius 2 is 1.88 bits per heavy atom. The van der Waals surface area contributed by atoms with Gasteiger partial charge in [0.1, 0.15) is 11.5 Å². The van der Waals surface area contributed by atoms with E-state index in [1.807, 2.05) is 0 Å². The minimum Gasteiger partial charge on any atom is -0.313 e. The van der Waals surface area contributed by atoms with Crippen LogP contribution in [0.25, 0.3) is 11.3 Å². The third-order valence-corrected chi connectivity index (χ3v) is 4.66. The number of benzene rings is 1. The molecule has 0 radical (unpaired) electrons. The first kappa shape index (κ1) is 15.7. The number of hydrogen-bond acceptors (Lipinski definition) is 4. The van der Waals surface area contributed by atoms with Gasteiger partial charge in [0, 0.05) is 6.20 Å². The lowest BCUT2D eigenvalue weighted by Crippen LogP contribution is -2.23. The Bertz CT molecular complexity index is 1080. The predicted octanol–water partition coefficient (Wildman–Crippen LogP) is 2.58. The summed E-state index contributed by atoms with van der Waals surface area (Å²) in [6.07, 6.45) is 2.03. The minimum atomic E-state index is -0.599. The van der Waals surface area contributed by atoms with Crippen LogP contribution in [0.1, 0.15) is 29.4 Å². The molecule has 0 bridgehead atoms. The standard InChI is InChI=1S/C17H12ClFN4O2/c18-15-11(10-5-9(10)8-3-1-2-4-13(8)19)6-14(22-23-15)12-7-20-17(25)21-16(12)24/h1-4,6-7,9-10H,5H2,(H2,20,21,24,25)/t9-,10+/m1/s1. The summed E-state index contributed by atoms with van der Waals surface area (Å²) in [5.74, 6) is -0.212. The second-order valence-electron chi connectivity index (χ2n) is 5.93. The Balaban J connectivity index is 1.71. The number of nitrogens with one attached hydrogen (secondary N) is 2. The summed E-state index contributed by atoms with van der Waals surface area (Å²) in [7, 11) is 0. The van der Waals surface area contributed by atoms with Crippen LogP contribution in [0.4, 0.5) is 4.39 Å². The third-order valence-electron chi connectivity index (χ3n) is 4.37. The number of halogens is 2. The average molecular weight is 359 g/mol. The second kappa shape index (κ2) is 5.93. The molecule has 25 heavy (non-hydrogen) atoms. The Morgan fingerprint density at radius 1 is 1.12 bits per heavy atom. The Labute approximate surface area is 145 Å². The number of aromatic nitrogens is 4. The van der Waals surface area contributed by atoms with Gasteiger partial charge in [-0.15, -0.1) is 10.2 Å². The van der Waals surface area contributed by atoms with E-state index >= 15 is 0 Å². The highest BCUT2D eigenvalue weighted by Crippen LogP contribution is 2.56. The molecule has 0 amide bonds. The second-order valence-corrected chi connectivity index (χ2v) is 6.29. The molecule has 0 aliphatic heterocycles. The van der Waals surface area contributed by atoms with Gasteiger partial charge in [-0.05, 0) is 41.5 Å². The van der Waals surface area contributed by atoms with Gasteiger partial charge in [0.2, 0.25) is 0 Å². The highest BCUT2D eigenvalue weighted by atomic mass is 35.5. The highest BCUT2D eigenvalue weighted by Gasteiger charge is 2.42. The largest absolute Gasteiger partial charge is 0.325 e. The van der Waals surface area contributed by atoms with Crippen molar-refractivity contribution < 1.29 is 4.39 Å². The van der Waals surface area contributed by atoms with Crippen LogP contribution < -0.4 is 11.2 Å². The van der Waals surface area contributed by atoms with E-state index in [4.69, 9.17) is 11.6 Å². The molecule has 0 unspecified atom stereocenters. The molecule has 2 atom stereocenters. The number of rotatable bonds is 3.